The predicted molar refractivity (Wildman–Crippen MR) is 85.9 cm³/mol. The maximum atomic E-state index is 13.1. The number of aliphatic hydroxyl groups is 1. The lowest BCUT2D eigenvalue weighted by atomic mass is 10.0. The van der Waals surface area contributed by atoms with E-state index in [1.807, 2.05) is 42.2 Å². The van der Waals surface area contributed by atoms with Crippen molar-refractivity contribution >= 4 is 11.9 Å². The molecule has 23 heavy (non-hydrogen) atoms. The first kappa shape index (κ1) is 17.4. The van der Waals surface area contributed by atoms with Crippen LogP contribution in [0, 0.1) is 0 Å². The zero-order valence-electron chi connectivity index (χ0n) is 13.4. The topological polar surface area (TPSA) is 81.1 Å². The number of carboxylic acid groups (broad SMARTS) is 1. The first-order chi connectivity index (χ1) is 11.1. The van der Waals surface area contributed by atoms with E-state index >= 15 is 0 Å². The summed E-state index contributed by atoms with van der Waals surface area (Å²) in [6.07, 6.45) is 1.20. The summed E-state index contributed by atoms with van der Waals surface area (Å²) in [5, 5.41) is 18.6. The number of hydrogen-bond donors (Lipinski definition) is 2. The molecule has 0 bridgehead atoms. The van der Waals surface area contributed by atoms with E-state index in [2.05, 4.69) is 0 Å². The Morgan fingerprint density at radius 2 is 2.04 bits per heavy atom. The molecule has 0 aromatic heterocycles. The molecule has 0 spiro atoms. The molecular weight excluding hydrogens is 296 g/mol. The molecule has 2 unspecified atom stereocenters. The summed E-state index contributed by atoms with van der Waals surface area (Å²) in [6, 6.07) is 8.03. The second-order valence-electron chi connectivity index (χ2n) is 5.69. The van der Waals surface area contributed by atoms with Crippen LogP contribution in [0.25, 0.3) is 0 Å². The molecule has 2 atom stereocenters. The number of aliphatic hydroxyl groups excluding tert-OH is 1. The van der Waals surface area contributed by atoms with Crippen molar-refractivity contribution in [2.24, 2.45) is 0 Å². The summed E-state index contributed by atoms with van der Waals surface area (Å²) in [6.45, 7) is 3.31. The van der Waals surface area contributed by atoms with Crippen LogP contribution in [0.15, 0.2) is 30.3 Å². The van der Waals surface area contributed by atoms with E-state index in [0.29, 0.717) is 32.5 Å². The molecule has 1 amide bonds. The Labute approximate surface area is 136 Å². The molecule has 2 rings (SSSR count). The monoisotopic (exact) mass is 320 g/mol. The number of carboxylic acids is 1. The predicted octanol–water partition coefficient (Wildman–Crippen LogP) is 1.12. The van der Waals surface area contributed by atoms with Gasteiger partial charge in [0.05, 0.1) is 6.61 Å². The van der Waals surface area contributed by atoms with Gasteiger partial charge in [-0.15, -0.1) is 0 Å². The molecule has 6 nitrogen and oxygen atoms in total. The van der Waals surface area contributed by atoms with E-state index in [9.17, 15) is 19.8 Å². The smallest absolute Gasteiger partial charge is 0.326 e. The van der Waals surface area contributed by atoms with Crippen molar-refractivity contribution in [1.29, 1.82) is 0 Å². The molecule has 2 N–H and O–H groups in total. The number of aliphatic carboxylic acids is 1. The Bertz CT molecular complexity index is 535. The van der Waals surface area contributed by atoms with E-state index in [1.54, 1.807) is 0 Å². The second-order valence-corrected chi connectivity index (χ2v) is 5.69. The van der Waals surface area contributed by atoms with Crippen LogP contribution in [0.5, 0.6) is 0 Å². The molecule has 1 aliphatic heterocycles. The Balaban J connectivity index is 2.32. The summed E-state index contributed by atoms with van der Waals surface area (Å²) in [5.74, 6) is -1.15. The van der Waals surface area contributed by atoms with Gasteiger partial charge in [-0.3, -0.25) is 9.69 Å². The molecule has 1 fully saturated rings. The molecule has 1 heterocycles. The number of likely N-dealkylation sites (tertiary alicyclic amines) is 1. The molecular formula is C17H24N2O4. The van der Waals surface area contributed by atoms with Crippen molar-refractivity contribution < 1.29 is 19.8 Å². The van der Waals surface area contributed by atoms with Gasteiger partial charge in [0.15, 0.2) is 0 Å². The Kier molecular flexibility index (Phi) is 6.12. The number of likely N-dealkylation sites (N-methyl/N-ethyl adjacent to an activating group) is 1. The van der Waals surface area contributed by atoms with Crippen molar-refractivity contribution in [3.05, 3.63) is 35.9 Å². The number of rotatable bonds is 7. The van der Waals surface area contributed by atoms with Crippen molar-refractivity contribution in [3.8, 4) is 0 Å². The van der Waals surface area contributed by atoms with Gasteiger partial charge < -0.3 is 15.1 Å². The molecule has 1 aromatic rings. The van der Waals surface area contributed by atoms with E-state index in [4.69, 9.17) is 0 Å². The SMILES string of the molecule is CCN(CCO)C(C(=O)N1CCCC1C(=O)O)c1ccccc1. The minimum atomic E-state index is -0.951. The number of carbonyl (C=O) groups excluding carboxylic acids is 1. The van der Waals surface area contributed by atoms with Crippen LogP contribution in [0.4, 0.5) is 0 Å². The van der Waals surface area contributed by atoms with E-state index in [-0.39, 0.29) is 12.5 Å². The highest BCUT2D eigenvalue weighted by Gasteiger charge is 2.39. The molecule has 1 aromatic carbocycles. The van der Waals surface area contributed by atoms with E-state index in [1.165, 1.54) is 4.90 Å². The van der Waals surface area contributed by atoms with Gasteiger partial charge in [0.2, 0.25) is 5.91 Å². The first-order valence-corrected chi connectivity index (χ1v) is 8.03. The highest BCUT2D eigenvalue weighted by molar-refractivity contribution is 5.88. The van der Waals surface area contributed by atoms with Gasteiger partial charge in [0, 0.05) is 13.1 Å². The fourth-order valence-electron chi connectivity index (χ4n) is 3.19. The highest BCUT2D eigenvalue weighted by Crippen LogP contribution is 2.27. The van der Waals surface area contributed by atoms with Gasteiger partial charge in [-0.1, -0.05) is 37.3 Å². The first-order valence-electron chi connectivity index (χ1n) is 8.03. The van der Waals surface area contributed by atoms with Crippen LogP contribution in [-0.2, 0) is 9.59 Å². The van der Waals surface area contributed by atoms with Crippen molar-refractivity contribution in [2.75, 3.05) is 26.2 Å². The summed E-state index contributed by atoms with van der Waals surface area (Å²) in [4.78, 5) is 27.8. The largest absolute Gasteiger partial charge is 0.480 e. The molecule has 126 valence electrons. The zero-order chi connectivity index (χ0) is 16.8. The third-order valence-electron chi connectivity index (χ3n) is 4.33. The summed E-state index contributed by atoms with van der Waals surface area (Å²) < 4.78 is 0. The maximum Gasteiger partial charge on any atom is 0.326 e. The van der Waals surface area contributed by atoms with Gasteiger partial charge in [-0.25, -0.2) is 4.79 Å². The standard InChI is InChI=1S/C17H24N2O4/c1-2-18(11-12-20)15(13-7-4-3-5-8-13)16(21)19-10-6-9-14(19)17(22)23/h3-5,7-8,14-15,20H,2,6,9-12H2,1H3,(H,22,23). The quantitative estimate of drug-likeness (QED) is 0.787. The lowest BCUT2D eigenvalue weighted by Crippen LogP contribution is -2.48. The zero-order valence-corrected chi connectivity index (χ0v) is 13.4. The van der Waals surface area contributed by atoms with Crippen molar-refractivity contribution in [2.45, 2.75) is 31.8 Å². The van der Waals surface area contributed by atoms with Gasteiger partial charge in [0.25, 0.3) is 0 Å². The normalized spacial score (nSPS) is 19.1. The molecule has 1 aliphatic rings. The van der Waals surface area contributed by atoms with Crippen molar-refractivity contribution in [1.82, 2.24) is 9.80 Å². The van der Waals surface area contributed by atoms with Crippen molar-refractivity contribution in [3.63, 3.8) is 0 Å². The third-order valence-corrected chi connectivity index (χ3v) is 4.33. The molecule has 0 radical (unpaired) electrons. The lowest BCUT2D eigenvalue weighted by molar-refractivity contribution is -0.150. The average molecular weight is 320 g/mol. The molecule has 6 heteroatoms. The lowest BCUT2D eigenvalue weighted by Gasteiger charge is -2.34. The Morgan fingerprint density at radius 3 is 2.61 bits per heavy atom. The number of carbonyl (C=O) groups is 2. The fraction of sp³-hybridized carbons (Fsp3) is 0.529. The summed E-state index contributed by atoms with van der Waals surface area (Å²) >= 11 is 0. The van der Waals surface area contributed by atoms with Crippen LogP contribution in [0.2, 0.25) is 0 Å². The van der Waals surface area contributed by atoms with Gasteiger partial charge >= 0.3 is 5.97 Å². The van der Waals surface area contributed by atoms with Gasteiger partial charge in [-0.2, -0.15) is 0 Å². The van der Waals surface area contributed by atoms with E-state index in [0.717, 1.165) is 5.56 Å². The van der Waals surface area contributed by atoms with Crippen LogP contribution in [0.3, 0.4) is 0 Å². The summed E-state index contributed by atoms with van der Waals surface area (Å²) in [5.41, 5.74) is 0.823. The number of hydrogen-bond acceptors (Lipinski definition) is 4. The van der Waals surface area contributed by atoms with Crippen LogP contribution in [-0.4, -0.2) is 64.2 Å². The number of benzene rings is 1. The minimum Gasteiger partial charge on any atom is -0.480 e. The Morgan fingerprint density at radius 1 is 1.35 bits per heavy atom. The molecule has 0 aliphatic carbocycles. The Hall–Kier alpha value is -1.92. The van der Waals surface area contributed by atoms with Crippen LogP contribution < -0.4 is 0 Å². The number of nitrogens with zero attached hydrogens (tertiary/aromatic N) is 2. The fourth-order valence-corrected chi connectivity index (χ4v) is 3.19. The summed E-state index contributed by atoms with van der Waals surface area (Å²) in [7, 11) is 0. The molecule has 0 saturated carbocycles. The van der Waals surface area contributed by atoms with Crippen LogP contribution >= 0.6 is 0 Å². The minimum absolute atomic E-state index is 0.0488. The average Bonchev–Trinajstić information content (AvgIpc) is 3.05. The van der Waals surface area contributed by atoms with E-state index < -0.39 is 18.1 Å². The van der Waals surface area contributed by atoms with Crippen LogP contribution in [0.1, 0.15) is 31.4 Å². The highest BCUT2D eigenvalue weighted by atomic mass is 16.4. The van der Waals surface area contributed by atoms with Gasteiger partial charge in [0.1, 0.15) is 12.1 Å². The second kappa shape index (κ2) is 8.08. The molecule has 1 saturated heterocycles. The number of amides is 1. The maximum absolute atomic E-state index is 13.1. The van der Waals surface area contributed by atoms with Gasteiger partial charge in [-0.05, 0) is 24.9 Å². The third kappa shape index (κ3) is 3.89.